The molecule has 0 unspecified atom stereocenters. The van der Waals surface area contributed by atoms with Gasteiger partial charge in [0.25, 0.3) is 0 Å². The van der Waals surface area contributed by atoms with Crippen molar-refractivity contribution in [1.82, 2.24) is 14.8 Å². The Bertz CT molecular complexity index is 839. The number of hydrogen-bond acceptors (Lipinski definition) is 5. The molecule has 3 rings (SSSR count). The fourth-order valence-corrected chi connectivity index (χ4v) is 3.12. The molecule has 0 aliphatic heterocycles. The summed E-state index contributed by atoms with van der Waals surface area (Å²) in [5.74, 6) is 0.814. The van der Waals surface area contributed by atoms with E-state index in [-0.39, 0.29) is 5.91 Å². The fraction of sp³-hybridized carbons (Fsp3) is 0.278. The molecule has 2 heterocycles. The first-order chi connectivity index (χ1) is 12.1. The van der Waals surface area contributed by atoms with E-state index in [0.717, 1.165) is 29.0 Å². The van der Waals surface area contributed by atoms with Crippen LogP contribution in [0, 0.1) is 6.92 Å². The molecule has 0 saturated heterocycles. The molecule has 0 aliphatic carbocycles. The van der Waals surface area contributed by atoms with E-state index < -0.39 is 0 Å². The maximum absolute atomic E-state index is 11.9. The summed E-state index contributed by atoms with van der Waals surface area (Å²) in [7, 11) is 1.65. The predicted octanol–water partition coefficient (Wildman–Crippen LogP) is 3.74. The molecule has 1 amide bonds. The van der Waals surface area contributed by atoms with E-state index in [0.29, 0.717) is 18.1 Å². The molecule has 1 N–H and O–H groups in total. The summed E-state index contributed by atoms with van der Waals surface area (Å²) >= 11 is 1.44. The lowest BCUT2D eigenvalue weighted by Gasteiger charge is -2.03. The Hall–Kier alpha value is -2.67. The van der Waals surface area contributed by atoms with Crippen LogP contribution in [-0.2, 0) is 11.3 Å². The number of carbonyl (C=O) groups is 1. The molecular formula is C18H20N4O2S. The summed E-state index contributed by atoms with van der Waals surface area (Å²) in [6.07, 6.45) is 4.99. The van der Waals surface area contributed by atoms with Crippen molar-refractivity contribution >= 4 is 22.4 Å². The van der Waals surface area contributed by atoms with Crippen LogP contribution in [-0.4, -0.2) is 27.8 Å². The molecule has 0 bridgehead atoms. The van der Waals surface area contributed by atoms with Crippen molar-refractivity contribution in [2.45, 2.75) is 26.3 Å². The Kier molecular flexibility index (Phi) is 5.45. The van der Waals surface area contributed by atoms with Gasteiger partial charge in [0.2, 0.25) is 5.91 Å². The van der Waals surface area contributed by atoms with Crippen LogP contribution in [0.4, 0.5) is 5.13 Å². The molecule has 0 saturated carbocycles. The highest BCUT2D eigenvalue weighted by atomic mass is 32.1. The maximum atomic E-state index is 11.9. The first-order valence-corrected chi connectivity index (χ1v) is 8.91. The van der Waals surface area contributed by atoms with Gasteiger partial charge < -0.3 is 10.1 Å². The zero-order valence-corrected chi connectivity index (χ0v) is 15.0. The molecule has 0 radical (unpaired) electrons. The number of aromatic nitrogens is 3. The van der Waals surface area contributed by atoms with Crippen LogP contribution in [0.25, 0.3) is 11.1 Å². The van der Waals surface area contributed by atoms with E-state index in [9.17, 15) is 4.79 Å². The largest absolute Gasteiger partial charge is 0.497 e. The van der Waals surface area contributed by atoms with Crippen molar-refractivity contribution in [3.8, 4) is 16.9 Å². The topological polar surface area (TPSA) is 69.0 Å². The van der Waals surface area contributed by atoms with Crippen molar-refractivity contribution in [2.24, 2.45) is 0 Å². The standard InChI is InChI=1S/C18H20N4O2S/c1-13-12-25-18(20-13)21-17(23)4-3-9-22-11-15(10-19-22)14-5-7-16(24-2)8-6-14/h5-8,10-12H,3-4,9H2,1-2H3,(H,20,21,23). The maximum Gasteiger partial charge on any atom is 0.226 e. The van der Waals surface area contributed by atoms with Crippen LogP contribution < -0.4 is 10.1 Å². The van der Waals surface area contributed by atoms with Crippen LogP contribution >= 0.6 is 11.3 Å². The van der Waals surface area contributed by atoms with Crippen molar-refractivity contribution < 1.29 is 9.53 Å². The second kappa shape index (κ2) is 7.94. The van der Waals surface area contributed by atoms with Gasteiger partial charge in [0.15, 0.2) is 5.13 Å². The minimum absolute atomic E-state index is 0.0168. The lowest BCUT2D eigenvalue weighted by molar-refractivity contribution is -0.116. The van der Waals surface area contributed by atoms with E-state index >= 15 is 0 Å². The van der Waals surface area contributed by atoms with Crippen molar-refractivity contribution in [3.63, 3.8) is 0 Å². The lowest BCUT2D eigenvalue weighted by atomic mass is 10.1. The average molecular weight is 356 g/mol. The quantitative estimate of drug-likeness (QED) is 0.700. The zero-order valence-electron chi connectivity index (χ0n) is 14.2. The monoisotopic (exact) mass is 356 g/mol. The minimum atomic E-state index is -0.0168. The van der Waals surface area contributed by atoms with E-state index in [1.165, 1.54) is 11.3 Å². The van der Waals surface area contributed by atoms with Crippen molar-refractivity contribution in [1.29, 1.82) is 0 Å². The third kappa shape index (κ3) is 4.67. The second-order valence-electron chi connectivity index (χ2n) is 5.67. The number of rotatable bonds is 7. The van der Waals surface area contributed by atoms with Crippen LogP contribution in [0.3, 0.4) is 0 Å². The third-order valence-corrected chi connectivity index (χ3v) is 4.59. The van der Waals surface area contributed by atoms with Crippen LogP contribution in [0.15, 0.2) is 42.0 Å². The van der Waals surface area contributed by atoms with Gasteiger partial charge in [0, 0.05) is 30.1 Å². The first kappa shape index (κ1) is 17.2. The second-order valence-corrected chi connectivity index (χ2v) is 6.52. The molecule has 0 spiro atoms. The summed E-state index contributed by atoms with van der Waals surface area (Å²) in [4.78, 5) is 16.1. The highest BCUT2D eigenvalue weighted by Crippen LogP contribution is 2.22. The Morgan fingerprint density at radius 3 is 2.76 bits per heavy atom. The number of methoxy groups -OCH3 is 1. The third-order valence-electron chi connectivity index (χ3n) is 3.71. The van der Waals surface area contributed by atoms with Gasteiger partial charge >= 0.3 is 0 Å². The Labute approximate surface area is 150 Å². The number of aryl methyl sites for hydroxylation is 2. The van der Waals surface area contributed by atoms with Gasteiger partial charge in [0.05, 0.1) is 19.0 Å². The normalized spacial score (nSPS) is 10.6. The summed E-state index contributed by atoms with van der Waals surface area (Å²) in [5, 5.41) is 9.75. The molecule has 0 fully saturated rings. The number of nitrogens with zero attached hydrogens (tertiary/aromatic N) is 3. The number of anilines is 1. The van der Waals surface area contributed by atoms with Crippen LogP contribution in [0.5, 0.6) is 5.75 Å². The molecule has 3 aromatic rings. The van der Waals surface area contributed by atoms with Crippen LogP contribution in [0.1, 0.15) is 18.5 Å². The minimum Gasteiger partial charge on any atom is -0.497 e. The average Bonchev–Trinajstić information content (AvgIpc) is 3.24. The number of thiazole rings is 1. The predicted molar refractivity (Wildman–Crippen MR) is 98.9 cm³/mol. The molecule has 6 nitrogen and oxygen atoms in total. The van der Waals surface area contributed by atoms with Gasteiger partial charge in [-0.2, -0.15) is 5.10 Å². The SMILES string of the molecule is COc1ccc(-c2cnn(CCCC(=O)Nc3nc(C)cs3)c2)cc1. The fourth-order valence-electron chi connectivity index (χ4n) is 2.41. The van der Waals surface area contributed by atoms with E-state index in [1.807, 2.05) is 53.6 Å². The Morgan fingerprint density at radius 1 is 1.28 bits per heavy atom. The van der Waals surface area contributed by atoms with Gasteiger partial charge in [-0.15, -0.1) is 11.3 Å². The highest BCUT2D eigenvalue weighted by Gasteiger charge is 2.06. The van der Waals surface area contributed by atoms with Crippen LogP contribution in [0.2, 0.25) is 0 Å². The molecule has 7 heteroatoms. The molecule has 1 aromatic carbocycles. The lowest BCUT2D eigenvalue weighted by Crippen LogP contribution is -2.12. The molecule has 2 aromatic heterocycles. The molecule has 130 valence electrons. The number of hydrogen-bond donors (Lipinski definition) is 1. The van der Waals surface area contributed by atoms with Gasteiger partial charge in [0.1, 0.15) is 5.75 Å². The summed E-state index contributed by atoms with van der Waals surface area (Å²) in [6, 6.07) is 7.86. The van der Waals surface area contributed by atoms with Gasteiger partial charge in [-0.1, -0.05) is 12.1 Å². The van der Waals surface area contributed by atoms with E-state index in [1.54, 1.807) is 7.11 Å². The Balaban J connectivity index is 1.48. The molecule has 0 atom stereocenters. The molecule has 0 aliphatic rings. The molecular weight excluding hydrogens is 336 g/mol. The van der Waals surface area contributed by atoms with Gasteiger partial charge in [-0.3, -0.25) is 9.48 Å². The zero-order chi connectivity index (χ0) is 17.6. The van der Waals surface area contributed by atoms with E-state index in [2.05, 4.69) is 15.4 Å². The van der Waals surface area contributed by atoms with Gasteiger partial charge in [-0.05, 0) is 31.0 Å². The summed E-state index contributed by atoms with van der Waals surface area (Å²) in [6.45, 7) is 2.60. The molecule has 25 heavy (non-hydrogen) atoms. The summed E-state index contributed by atoms with van der Waals surface area (Å²) < 4.78 is 7.03. The number of nitrogens with one attached hydrogen (secondary N) is 1. The highest BCUT2D eigenvalue weighted by molar-refractivity contribution is 7.13. The number of amides is 1. The number of carbonyl (C=O) groups excluding carboxylic acids is 1. The van der Waals surface area contributed by atoms with E-state index in [4.69, 9.17) is 4.74 Å². The number of benzene rings is 1. The van der Waals surface area contributed by atoms with Crippen molar-refractivity contribution in [3.05, 3.63) is 47.7 Å². The number of ether oxygens (including phenoxy) is 1. The first-order valence-electron chi connectivity index (χ1n) is 8.03. The summed E-state index contributed by atoms with van der Waals surface area (Å²) in [5.41, 5.74) is 3.05. The van der Waals surface area contributed by atoms with Crippen molar-refractivity contribution in [2.75, 3.05) is 12.4 Å². The Morgan fingerprint density at radius 2 is 2.08 bits per heavy atom. The smallest absolute Gasteiger partial charge is 0.226 e. The van der Waals surface area contributed by atoms with Gasteiger partial charge in [-0.25, -0.2) is 4.98 Å².